The molecule has 0 N–H and O–H groups in total. The lowest BCUT2D eigenvalue weighted by Crippen LogP contribution is -2.39. The van der Waals surface area contributed by atoms with Crippen LogP contribution in [0.4, 0.5) is 0 Å². The molecule has 4 heteroatoms. The van der Waals surface area contributed by atoms with Gasteiger partial charge in [-0.2, -0.15) is 4.31 Å². The second-order valence-electron chi connectivity index (χ2n) is 5.38. The summed E-state index contributed by atoms with van der Waals surface area (Å²) in [6, 6.07) is 5.53. The van der Waals surface area contributed by atoms with E-state index in [2.05, 4.69) is 6.92 Å². The van der Waals surface area contributed by atoms with E-state index < -0.39 is 10.0 Å². The first kappa shape index (κ1) is 13.6. The summed E-state index contributed by atoms with van der Waals surface area (Å²) in [5.74, 6) is 0.458. The number of aryl methyl sites for hydroxylation is 2. The number of sulfonamides is 1. The van der Waals surface area contributed by atoms with Crippen molar-refractivity contribution in [1.82, 2.24) is 4.31 Å². The lowest BCUT2D eigenvalue weighted by atomic mass is 10.0. The average Bonchev–Trinajstić information content (AvgIpc) is 2.28. The smallest absolute Gasteiger partial charge is 0.207 e. The van der Waals surface area contributed by atoms with Crippen LogP contribution in [-0.4, -0.2) is 25.8 Å². The maximum atomic E-state index is 12.6. The third-order valence-electron chi connectivity index (χ3n) is 3.57. The maximum absolute atomic E-state index is 12.6. The van der Waals surface area contributed by atoms with Crippen LogP contribution < -0.4 is 0 Å². The summed E-state index contributed by atoms with van der Waals surface area (Å²) >= 11 is 0. The molecule has 0 amide bonds. The molecular weight excluding hydrogens is 246 g/mol. The highest BCUT2D eigenvalue weighted by Crippen LogP contribution is 2.25. The van der Waals surface area contributed by atoms with E-state index in [0.717, 1.165) is 24.0 Å². The summed E-state index contributed by atoms with van der Waals surface area (Å²) in [5, 5.41) is 0. The van der Waals surface area contributed by atoms with Gasteiger partial charge in [0.05, 0.1) is 4.90 Å². The molecule has 0 saturated carbocycles. The van der Waals surface area contributed by atoms with Gasteiger partial charge in [-0.15, -0.1) is 0 Å². The van der Waals surface area contributed by atoms with E-state index in [-0.39, 0.29) is 0 Å². The molecule has 2 rings (SSSR count). The zero-order chi connectivity index (χ0) is 13.3. The summed E-state index contributed by atoms with van der Waals surface area (Å²) in [6.07, 6.45) is 2.09. The highest BCUT2D eigenvalue weighted by Gasteiger charge is 2.29. The van der Waals surface area contributed by atoms with Crippen molar-refractivity contribution in [3.05, 3.63) is 29.3 Å². The largest absolute Gasteiger partial charge is 0.243 e. The van der Waals surface area contributed by atoms with Gasteiger partial charge in [0.1, 0.15) is 0 Å². The molecule has 1 fully saturated rings. The molecule has 0 bridgehead atoms. The number of hydrogen-bond acceptors (Lipinski definition) is 2. The van der Waals surface area contributed by atoms with Gasteiger partial charge in [-0.1, -0.05) is 24.6 Å². The van der Waals surface area contributed by atoms with E-state index in [1.807, 2.05) is 26.0 Å². The highest BCUT2D eigenvalue weighted by molar-refractivity contribution is 7.89. The molecule has 1 unspecified atom stereocenters. The quantitative estimate of drug-likeness (QED) is 0.826. The Bertz CT molecular complexity index is 537. The minimum Gasteiger partial charge on any atom is -0.207 e. The van der Waals surface area contributed by atoms with E-state index >= 15 is 0 Å². The third kappa shape index (κ3) is 2.59. The zero-order valence-electron chi connectivity index (χ0n) is 11.3. The molecule has 1 atom stereocenters. The molecule has 0 aliphatic carbocycles. The molecule has 1 aliphatic heterocycles. The molecule has 0 radical (unpaired) electrons. The Hall–Kier alpha value is -0.870. The molecule has 3 nitrogen and oxygen atoms in total. The van der Waals surface area contributed by atoms with Gasteiger partial charge in [0, 0.05) is 13.1 Å². The maximum Gasteiger partial charge on any atom is 0.243 e. The minimum absolute atomic E-state index is 0.458. The highest BCUT2D eigenvalue weighted by atomic mass is 32.2. The van der Waals surface area contributed by atoms with Crippen molar-refractivity contribution in [3.63, 3.8) is 0 Å². The van der Waals surface area contributed by atoms with Gasteiger partial charge in [-0.25, -0.2) is 8.42 Å². The summed E-state index contributed by atoms with van der Waals surface area (Å²) in [7, 11) is -3.31. The van der Waals surface area contributed by atoms with Crippen molar-refractivity contribution in [2.24, 2.45) is 5.92 Å². The zero-order valence-corrected chi connectivity index (χ0v) is 12.1. The number of piperidine rings is 1. The van der Waals surface area contributed by atoms with E-state index in [1.54, 1.807) is 10.4 Å². The van der Waals surface area contributed by atoms with Crippen LogP contribution in [0.25, 0.3) is 0 Å². The van der Waals surface area contributed by atoms with Crippen molar-refractivity contribution < 1.29 is 8.42 Å². The second kappa shape index (κ2) is 5.02. The van der Waals surface area contributed by atoms with E-state index in [9.17, 15) is 8.42 Å². The summed E-state index contributed by atoms with van der Waals surface area (Å²) in [6.45, 7) is 7.26. The Morgan fingerprint density at radius 2 is 2.00 bits per heavy atom. The van der Waals surface area contributed by atoms with Crippen molar-refractivity contribution in [2.75, 3.05) is 13.1 Å². The van der Waals surface area contributed by atoms with Crippen molar-refractivity contribution in [3.8, 4) is 0 Å². The standard InChI is InChI=1S/C14H21NO2S/c1-11-6-7-14(13(3)9-11)18(16,17)15-8-4-5-12(2)10-15/h6-7,9,12H,4-5,8,10H2,1-3H3. The van der Waals surface area contributed by atoms with Crippen LogP contribution in [-0.2, 0) is 10.0 Å². The first-order valence-corrected chi connectivity index (χ1v) is 7.92. The molecular formula is C14H21NO2S. The number of rotatable bonds is 2. The van der Waals surface area contributed by atoms with Crippen LogP contribution in [0, 0.1) is 19.8 Å². The van der Waals surface area contributed by atoms with Crippen LogP contribution in [0.2, 0.25) is 0 Å². The fraction of sp³-hybridized carbons (Fsp3) is 0.571. The molecule has 1 heterocycles. The molecule has 0 aromatic heterocycles. The van der Waals surface area contributed by atoms with Crippen LogP contribution in [0.15, 0.2) is 23.1 Å². The van der Waals surface area contributed by atoms with Gasteiger partial charge in [0.25, 0.3) is 0 Å². The van der Waals surface area contributed by atoms with Crippen molar-refractivity contribution >= 4 is 10.0 Å². The Morgan fingerprint density at radius 3 is 2.61 bits per heavy atom. The van der Waals surface area contributed by atoms with Crippen molar-refractivity contribution in [1.29, 1.82) is 0 Å². The van der Waals surface area contributed by atoms with Gasteiger partial charge in [-0.3, -0.25) is 0 Å². The molecule has 1 aromatic rings. The Balaban J connectivity index is 2.35. The predicted molar refractivity (Wildman–Crippen MR) is 73.1 cm³/mol. The van der Waals surface area contributed by atoms with Crippen LogP contribution in [0.5, 0.6) is 0 Å². The van der Waals surface area contributed by atoms with Gasteiger partial charge < -0.3 is 0 Å². The number of benzene rings is 1. The fourth-order valence-electron chi connectivity index (χ4n) is 2.59. The van der Waals surface area contributed by atoms with Gasteiger partial charge >= 0.3 is 0 Å². The number of nitrogens with zero attached hydrogens (tertiary/aromatic N) is 1. The molecule has 0 spiro atoms. The third-order valence-corrected chi connectivity index (χ3v) is 5.59. The van der Waals surface area contributed by atoms with Gasteiger partial charge in [0.15, 0.2) is 0 Å². The fourth-order valence-corrected chi connectivity index (χ4v) is 4.40. The first-order chi connectivity index (χ1) is 8.41. The minimum atomic E-state index is -3.31. The molecule has 1 aliphatic rings. The molecule has 18 heavy (non-hydrogen) atoms. The Morgan fingerprint density at radius 1 is 1.28 bits per heavy atom. The molecule has 1 aromatic carbocycles. The molecule has 1 saturated heterocycles. The lowest BCUT2D eigenvalue weighted by Gasteiger charge is -2.30. The average molecular weight is 267 g/mol. The topological polar surface area (TPSA) is 37.4 Å². The lowest BCUT2D eigenvalue weighted by molar-refractivity contribution is 0.281. The Kier molecular flexibility index (Phi) is 3.78. The van der Waals surface area contributed by atoms with Crippen LogP contribution in [0.1, 0.15) is 30.9 Å². The van der Waals surface area contributed by atoms with Crippen molar-refractivity contribution in [2.45, 2.75) is 38.5 Å². The SMILES string of the molecule is Cc1ccc(S(=O)(=O)N2CCCC(C)C2)c(C)c1. The summed E-state index contributed by atoms with van der Waals surface area (Å²) in [4.78, 5) is 0.460. The first-order valence-electron chi connectivity index (χ1n) is 6.48. The number of hydrogen-bond donors (Lipinski definition) is 0. The monoisotopic (exact) mass is 267 g/mol. The Labute approximate surface area is 110 Å². The summed E-state index contributed by atoms with van der Waals surface area (Å²) < 4.78 is 26.8. The van der Waals surface area contributed by atoms with E-state index in [1.165, 1.54) is 0 Å². The van der Waals surface area contributed by atoms with E-state index in [0.29, 0.717) is 23.9 Å². The normalized spacial score (nSPS) is 22.1. The van der Waals surface area contributed by atoms with Gasteiger partial charge in [-0.05, 0) is 44.2 Å². The molecule has 100 valence electrons. The van der Waals surface area contributed by atoms with Crippen LogP contribution in [0.3, 0.4) is 0 Å². The predicted octanol–water partition coefficient (Wildman–Crippen LogP) is 2.72. The second-order valence-corrected chi connectivity index (χ2v) is 7.29. The summed E-state index contributed by atoms with van der Waals surface area (Å²) in [5.41, 5.74) is 1.94. The van der Waals surface area contributed by atoms with Gasteiger partial charge in [0.2, 0.25) is 10.0 Å². The van der Waals surface area contributed by atoms with E-state index in [4.69, 9.17) is 0 Å². The van der Waals surface area contributed by atoms with Crippen LogP contribution >= 0.6 is 0 Å².